The Morgan fingerprint density at radius 1 is 1.32 bits per heavy atom. The number of benzene rings is 2. The molecule has 2 aromatic carbocycles. The maximum absolute atomic E-state index is 13.4. The van der Waals surface area contributed by atoms with Crippen molar-refractivity contribution >= 4 is 45.0 Å². The zero-order chi connectivity index (χ0) is 29.6. The highest BCUT2D eigenvalue weighted by Gasteiger charge is 2.38. The molecule has 2 N–H and O–H groups in total. The number of methoxy groups -OCH3 is 1. The molecule has 0 radical (unpaired) electrons. The van der Waals surface area contributed by atoms with E-state index in [1.807, 2.05) is 6.07 Å². The van der Waals surface area contributed by atoms with Crippen molar-refractivity contribution in [3.05, 3.63) is 52.8 Å². The van der Waals surface area contributed by atoms with Gasteiger partial charge in [0.05, 0.1) is 27.3 Å². The van der Waals surface area contributed by atoms with E-state index in [1.165, 1.54) is 36.0 Å². The number of rotatable bonds is 12. The van der Waals surface area contributed by atoms with E-state index in [4.69, 9.17) is 21.1 Å². The fourth-order valence-corrected chi connectivity index (χ4v) is 7.13. The maximum Gasteiger partial charge on any atom is 0.265 e. The Hall–Kier alpha value is -2.40. The fraction of sp³-hybridized carbons (Fsp3) is 0.500. The highest BCUT2D eigenvalue weighted by Crippen LogP contribution is 2.32. The van der Waals surface area contributed by atoms with Crippen molar-refractivity contribution in [2.45, 2.75) is 60.1 Å². The monoisotopic (exact) mass is 624 g/mol. The van der Waals surface area contributed by atoms with Crippen LogP contribution < -0.4 is 10.0 Å². The van der Waals surface area contributed by atoms with E-state index >= 15 is 0 Å². The summed E-state index contributed by atoms with van der Waals surface area (Å²) in [7, 11) is -2.63. The van der Waals surface area contributed by atoms with E-state index in [-0.39, 0.29) is 33.4 Å². The average molecular weight is 625 g/mol. The summed E-state index contributed by atoms with van der Waals surface area (Å²) in [4.78, 5) is 15.7. The second kappa shape index (κ2) is 13.7. The summed E-state index contributed by atoms with van der Waals surface area (Å²) in [6.45, 7) is 4.39. The average Bonchev–Trinajstić information content (AvgIpc) is 2.92. The fourth-order valence-electron chi connectivity index (χ4n) is 4.70. The smallest absolute Gasteiger partial charge is 0.265 e. The molecule has 2 aromatic rings. The third-order valence-corrected chi connectivity index (χ3v) is 10.1. The Bertz CT molecular complexity index is 1380. The molecule has 2 atom stereocenters. The molecule has 2 aliphatic heterocycles. The third kappa shape index (κ3) is 8.12. The minimum atomic E-state index is -4.32. The Kier molecular flexibility index (Phi) is 10.5. The number of nitrogens with zero attached hydrogens (tertiary/aromatic N) is 2. The van der Waals surface area contributed by atoms with Gasteiger partial charge in [-0.3, -0.25) is 9.69 Å². The summed E-state index contributed by atoms with van der Waals surface area (Å²) < 4.78 is 52.6. The molecule has 1 amide bonds. The number of sulfonamides is 1. The van der Waals surface area contributed by atoms with Crippen molar-refractivity contribution in [2.75, 3.05) is 44.4 Å². The van der Waals surface area contributed by atoms with Crippen molar-refractivity contribution in [3.63, 3.8) is 0 Å². The van der Waals surface area contributed by atoms with Gasteiger partial charge >= 0.3 is 0 Å². The van der Waals surface area contributed by atoms with Gasteiger partial charge in [0.1, 0.15) is 17.5 Å². The SMILES string of the molecule is COC1CN(CC[C@H](CSc2ccc(F)cc2)Nc2c(Cl)cc(S(=O)(=O)NC(=O)[C@@]3(C)CCCCO3)cc2C#N)C1. The molecule has 2 saturated heterocycles. The van der Waals surface area contributed by atoms with E-state index in [1.54, 1.807) is 26.2 Å². The number of anilines is 1. The van der Waals surface area contributed by atoms with Gasteiger partial charge in [-0.2, -0.15) is 5.26 Å². The van der Waals surface area contributed by atoms with Gasteiger partial charge in [-0.25, -0.2) is 17.5 Å². The summed E-state index contributed by atoms with van der Waals surface area (Å²) in [6.07, 6.45) is 2.89. The number of nitriles is 1. The molecule has 2 heterocycles. The van der Waals surface area contributed by atoms with E-state index in [0.29, 0.717) is 30.9 Å². The van der Waals surface area contributed by atoms with Crippen LogP contribution in [0.5, 0.6) is 0 Å². The van der Waals surface area contributed by atoms with Gasteiger partial charge in [0.25, 0.3) is 15.9 Å². The minimum Gasteiger partial charge on any atom is -0.379 e. The molecule has 13 heteroatoms. The van der Waals surface area contributed by atoms with Gasteiger partial charge in [-0.15, -0.1) is 11.8 Å². The lowest BCUT2D eigenvalue weighted by Gasteiger charge is -2.39. The summed E-state index contributed by atoms with van der Waals surface area (Å²) in [5, 5.41) is 13.3. The molecule has 41 heavy (non-hydrogen) atoms. The summed E-state index contributed by atoms with van der Waals surface area (Å²) in [6, 6.07) is 10.5. The Labute approximate surface area is 249 Å². The van der Waals surface area contributed by atoms with Crippen molar-refractivity contribution < 1.29 is 27.1 Å². The first-order valence-corrected chi connectivity index (χ1v) is 16.2. The summed E-state index contributed by atoms with van der Waals surface area (Å²) in [5.41, 5.74) is -0.903. The Morgan fingerprint density at radius 3 is 2.68 bits per heavy atom. The molecule has 0 unspecified atom stereocenters. The number of hydrogen-bond acceptors (Lipinski definition) is 9. The molecule has 9 nitrogen and oxygen atoms in total. The van der Waals surface area contributed by atoms with Gasteiger partial charge in [-0.1, -0.05) is 11.6 Å². The van der Waals surface area contributed by atoms with Crippen LogP contribution in [-0.4, -0.2) is 76.1 Å². The lowest BCUT2D eigenvalue weighted by atomic mass is 9.95. The van der Waals surface area contributed by atoms with Gasteiger partial charge in [0, 0.05) is 50.0 Å². The van der Waals surface area contributed by atoms with Crippen LogP contribution >= 0.6 is 23.4 Å². The molecule has 0 bridgehead atoms. The summed E-state index contributed by atoms with van der Waals surface area (Å²) in [5.74, 6) is -0.483. The quantitative estimate of drug-likeness (QED) is 0.331. The Morgan fingerprint density at radius 2 is 2.05 bits per heavy atom. The van der Waals surface area contributed by atoms with Crippen LogP contribution in [0.4, 0.5) is 10.1 Å². The van der Waals surface area contributed by atoms with Crippen molar-refractivity contribution in [1.82, 2.24) is 9.62 Å². The van der Waals surface area contributed by atoms with Crippen molar-refractivity contribution in [2.24, 2.45) is 0 Å². The van der Waals surface area contributed by atoms with Crippen molar-refractivity contribution in [1.29, 1.82) is 5.26 Å². The third-order valence-electron chi connectivity index (χ3n) is 7.33. The van der Waals surface area contributed by atoms with Crippen LogP contribution in [0.25, 0.3) is 0 Å². The first kappa shape index (κ1) is 31.5. The van der Waals surface area contributed by atoms with Crippen LogP contribution in [-0.2, 0) is 24.3 Å². The molecular formula is C28H34ClFN4O5S2. The molecule has 4 rings (SSSR count). The number of amides is 1. The first-order chi connectivity index (χ1) is 19.5. The second-order valence-electron chi connectivity index (χ2n) is 10.4. The second-order valence-corrected chi connectivity index (χ2v) is 13.6. The molecule has 222 valence electrons. The topological polar surface area (TPSA) is 121 Å². The number of carbonyl (C=O) groups excluding carboxylic acids is 1. The van der Waals surface area contributed by atoms with E-state index < -0.39 is 21.5 Å². The number of likely N-dealkylation sites (tertiary alicyclic amines) is 1. The minimum absolute atomic E-state index is 0.0330. The molecular weight excluding hydrogens is 591 g/mol. The number of nitrogens with one attached hydrogen (secondary N) is 2. The predicted octanol–water partition coefficient (Wildman–Crippen LogP) is 4.41. The molecule has 0 aromatic heterocycles. The van der Waals surface area contributed by atoms with E-state index in [0.717, 1.165) is 37.4 Å². The number of hydrogen-bond donors (Lipinski definition) is 2. The van der Waals surface area contributed by atoms with E-state index in [9.17, 15) is 22.9 Å². The van der Waals surface area contributed by atoms with E-state index in [2.05, 4.69) is 14.9 Å². The molecule has 2 aliphatic rings. The Balaban J connectivity index is 1.50. The highest BCUT2D eigenvalue weighted by atomic mass is 35.5. The van der Waals surface area contributed by atoms with Crippen LogP contribution in [0.3, 0.4) is 0 Å². The lowest BCUT2D eigenvalue weighted by Crippen LogP contribution is -2.52. The zero-order valence-electron chi connectivity index (χ0n) is 23.0. The van der Waals surface area contributed by atoms with Gasteiger partial charge in [0.2, 0.25) is 0 Å². The van der Waals surface area contributed by atoms with Gasteiger partial charge in [0.15, 0.2) is 0 Å². The van der Waals surface area contributed by atoms with Crippen molar-refractivity contribution in [3.8, 4) is 6.07 Å². The molecule has 0 spiro atoms. The molecule has 0 saturated carbocycles. The lowest BCUT2D eigenvalue weighted by molar-refractivity contribution is -0.148. The van der Waals surface area contributed by atoms with Gasteiger partial charge < -0.3 is 14.8 Å². The molecule has 2 fully saturated rings. The predicted molar refractivity (Wildman–Crippen MR) is 156 cm³/mol. The summed E-state index contributed by atoms with van der Waals surface area (Å²) >= 11 is 8.09. The van der Waals surface area contributed by atoms with Crippen LogP contribution in [0, 0.1) is 17.1 Å². The highest BCUT2D eigenvalue weighted by molar-refractivity contribution is 7.99. The number of carbonyl (C=O) groups is 1. The normalized spacial score (nSPS) is 20.6. The molecule has 0 aliphatic carbocycles. The van der Waals surface area contributed by atoms with Crippen LogP contribution in [0.1, 0.15) is 38.2 Å². The maximum atomic E-state index is 13.4. The van der Waals surface area contributed by atoms with Crippen LogP contribution in [0.15, 0.2) is 46.2 Å². The van der Waals surface area contributed by atoms with Crippen LogP contribution in [0.2, 0.25) is 5.02 Å². The first-order valence-electron chi connectivity index (χ1n) is 13.4. The zero-order valence-corrected chi connectivity index (χ0v) is 25.4. The largest absolute Gasteiger partial charge is 0.379 e. The number of ether oxygens (including phenoxy) is 2. The standard InChI is InChI=1S/C28H34ClFN4O5S2/c1-28(10-3-4-12-39-28)27(35)33-41(36,37)24-13-19(15-31)26(25(29)14-24)32-21(9-11-34-16-22(17-34)38-2)18-40-23-7-5-20(30)6-8-23/h5-8,13-14,21-22,32H,3-4,9-12,16-18H2,1-2H3,(H,33,35)/t21-,28-/m1/s1. The van der Waals surface area contributed by atoms with Gasteiger partial charge in [-0.05, 0) is 69.0 Å². The number of thioether (sulfide) groups is 1. The number of halogens is 2.